The predicted molar refractivity (Wildman–Crippen MR) is 72.6 cm³/mol. The zero-order valence-corrected chi connectivity index (χ0v) is 10.8. The fraction of sp³-hybridized carbons (Fsp3) is 0.250. The van der Waals surface area contributed by atoms with E-state index in [1.165, 1.54) is 0 Å². The Bertz CT molecular complexity index is 493. The first kappa shape index (κ1) is 14.2. The van der Waals surface area contributed by atoms with Crippen LogP contribution < -0.4 is 5.84 Å². The van der Waals surface area contributed by atoms with Gasteiger partial charge in [0.1, 0.15) is 0 Å². The van der Waals surface area contributed by atoms with E-state index < -0.39 is 5.97 Å². The number of benzene rings is 1. The van der Waals surface area contributed by atoms with E-state index in [1.54, 1.807) is 24.3 Å². The molecule has 0 spiro atoms. The maximum absolute atomic E-state index is 11.0. The van der Waals surface area contributed by atoms with Crippen molar-refractivity contribution in [3.8, 4) is 0 Å². The molecule has 0 aliphatic carbocycles. The molecule has 0 heterocycles. The fourth-order valence-corrected chi connectivity index (χ4v) is 1.47. The summed E-state index contributed by atoms with van der Waals surface area (Å²) in [6.45, 7) is 3.64. The fourth-order valence-electron chi connectivity index (χ4n) is 1.34. The molecule has 1 rings (SSSR count). The number of rotatable bonds is 4. The topological polar surface area (TPSA) is 88.0 Å². The number of carboxylic acids is 1. The molecule has 0 aliphatic rings. The molecule has 3 N–H and O–H groups in total. The molecule has 96 valence electrons. The third-order valence-electron chi connectivity index (χ3n) is 2.20. The van der Waals surface area contributed by atoms with Gasteiger partial charge >= 0.3 is 5.97 Å². The lowest BCUT2D eigenvalue weighted by Gasteiger charge is -2.09. The van der Waals surface area contributed by atoms with E-state index in [9.17, 15) is 4.79 Å². The number of nitrogens with two attached hydrogens (primary N) is 1. The van der Waals surface area contributed by atoms with Crippen molar-refractivity contribution < 1.29 is 9.90 Å². The molecular formula is C12H14ClN3O2. The molecule has 1 aromatic carbocycles. The standard InChI is InChI=1S/C12H14ClN3O2/c1-7(2)10(11(16-14)12(17)18)15-9-5-3-8(13)4-6-9/h3-7H,14H2,1-2H3,(H,17,18). The summed E-state index contributed by atoms with van der Waals surface area (Å²) in [4.78, 5) is 15.3. The average molecular weight is 268 g/mol. The molecule has 5 nitrogen and oxygen atoms in total. The van der Waals surface area contributed by atoms with E-state index in [0.29, 0.717) is 16.4 Å². The summed E-state index contributed by atoms with van der Waals surface area (Å²) in [6, 6.07) is 6.75. The van der Waals surface area contributed by atoms with Crippen LogP contribution in [-0.2, 0) is 4.79 Å². The van der Waals surface area contributed by atoms with Gasteiger partial charge in [-0.05, 0) is 30.2 Å². The Hall–Kier alpha value is -1.88. The van der Waals surface area contributed by atoms with Gasteiger partial charge in [0.05, 0.1) is 11.4 Å². The first-order valence-corrected chi connectivity index (χ1v) is 5.69. The zero-order chi connectivity index (χ0) is 13.7. The molecule has 1 aromatic rings. The second-order valence-corrected chi connectivity index (χ2v) is 4.35. The van der Waals surface area contributed by atoms with E-state index >= 15 is 0 Å². The number of aliphatic imine (C=N–C) groups is 1. The van der Waals surface area contributed by atoms with Gasteiger partial charge in [-0.1, -0.05) is 25.4 Å². The number of halogens is 1. The molecule has 0 radical (unpaired) electrons. The largest absolute Gasteiger partial charge is 0.476 e. The first-order chi connectivity index (χ1) is 8.45. The molecule has 0 saturated carbocycles. The first-order valence-electron chi connectivity index (χ1n) is 5.31. The smallest absolute Gasteiger partial charge is 0.358 e. The van der Waals surface area contributed by atoms with Crippen LogP contribution >= 0.6 is 11.6 Å². The van der Waals surface area contributed by atoms with E-state index in [-0.39, 0.29) is 11.6 Å². The zero-order valence-electron chi connectivity index (χ0n) is 10.1. The quantitative estimate of drug-likeness (QED) is 0.499. The van der Waals surface area contributed by atoms with Crippen LogP contribution in [0, 0.1) is 5.92 Å². The summed E-state index contributed by atoms with van der Waals surface area (Å²) in [6.07, 6.45) is 0. The van der Waals surface area contributed by atoms with Crippen LogP contribution in [0.5, 0.6) is 0 Å². The number of hydrazone groups is 1. The minimum Gasteiger partial charge on any atom is -0.476 e. The lowest BCUT2D eigenvalue weighted by Crippen LogP contribution is -2.29. The molecule has 6 heteroatoms. The highest BCUT2D eigenvalue weighted by molar-refractivity contribution is 6.65. The summed E-state index contributed by atoms with van der Waals surface area (Å²) in [7, 11) is 0. The van der Waals surface area contributed by atoms with Crippen molar-refractivity contribution in [2.24, 2.45) is 21.9 Å². The average Bonchev–Trinajstić information content (AvgIpc) is 2.30. The van der Waals surface area contributed by atoms with Gasteiger partial charge in [0.15, 0.2) is 5.71 Å². The van der Waals surface area contributed by atoms with E-state index in [4.69, 9.17) is 22.6 Å². The van der Waals surface area contributed by atoms with E-state index in [1.807, 2.05) is 13.8 Å². The Kier molecular flexibility index (Phi) is 4.85. The third-order valence-corrected chi connectivity index (χ3v) is 2.45. The van der Waals surface area contributed by atoms with Crippen LogP contribution in [0.1, 0.15) is 13.8 Å². The van der Waals surface area contributed by atoms with Crippen LogP contribution in [-0.4, -0.2) is 22.5 Å². The van der Waals surface area contributed by atoms with Crippen molar-refractivity contribution >= 4 is 34.7 Å². The molecule has 0 aliphatic heterocycles. The van der Waals surface area contributed by atoms with Crippen molar-refractivity contribution in [3.63, 3.8) is 0 Å². The molecular weight excluding hydrogens is 254 g/mol. The minimum atomic E-state index is -1.20. The van der Waals surface area contributed by atoms with Gasteiger partial charge in [0.2, 0.25) is 0 Å². The van der Waals surface area contributed by atoms with E-state index in [2.05, 4.69) is 10.1 Å². The lowest BCUT2D eigenvalue weighted by atomic mass is 10.0. The number of carbonyl (C=O) groups is 1. The Balaban J connectivity index is 3.20. The number of hydrogen-bond donors (Lipinski definition) is 2. The number of carboxylic acid groups (broad SMARTS) is 1. The minimum absolute atomic E-state index is 0.112. The molecule has 0 bridgehead atoms. The maximum Gasteiger partial charge on any atom is 0.358 e. The van der Waals surface area contributed by atoms with Crippen LogP contribution in [0.2, 0.25) is 5.02 Å². The molecule has 0 aromatic heterocycles. The maximum atomic E-state index is 11.0. The monoisotopic (exact) mass is 267 g/mol. The highest BCUT2D eigenvalue weighted by atomic mass is 35.5. The van der Waals surface area contributed by atoms with Crippen LogP contribution in [0.3, 0.4) is 0 Å². The highest BCUT2D eigenvalue weighted by Gasteiger charge is 2.20. The molecule has 18 heavy (non-hydrogen) atoms. The predicted octanol–water partition coefficient (Wildman–Crippen LogP) is 2.47. The molecule has 0 fully saturated rings. The van der Waals surface area contributed by atoms with Gasteiger partial charge in [-0.15, -0.1) is 0 Å². The molecule has 0 unspecified atom stereocenters. The lowest BCUT2D eigenvalue weighted by molar-refractivity contribution is -0.129. The Labute approximate surface area is 110 Å². The Morgan fingerprint density at radius 1 is 1.33 bits per heavy atom. The van der Waals surface area contributed by atoms with Gasteiger partial charge in [0.25, 0.3) is 0 Å². The van der Waals surface area contributed by atoms with Gasteiger partial charge < -0.3 is 10.9 Å². The Morgan fingerprint density at radius 2 is 1.89 bits per heavy atom. The summed E-state index contributed by atoms with van der Waals surface area (Å²) in [5, 5.41) is 12.9. The van der Waals surface area contributed by atoms with Gasteiger partial charge in [-0.3, -0.25) is 4.99 Å². The van der Waals surface area contributed by atoms with Gasteiger partial charge in [-0.2, -0.15) is 5.10 Å². The highest BCUT2D eigenvalue weighted by Crippen LogP contribution is 2.18. The summed E-state index contributed by atoms with van der Waals surface area (Å²) < 4.78 is 0. The summed E-state index contributed by atoms with van der Waals surface area (Å²) in [5.74, 6) is 3.79. The van der Waals surface area contributed by atoms with Crippen molar-refractivity contribution in [1.29, 1.82) is 0 Å². The summed E-state index contributed by atoms with van der Waals surface area (Å²) >= 11 is 5.76. The third kappa shape index (κ3) is 3.56. The number of nitrogens with zero attached hydrogens (tertiary/aromatic N) is 2. The van der Waals surface area contributed by atoms with Crippen molar-refractivity contribution in [2.45, 2.75) is 13.8 Å². The van der Waals surface area contributed by atoms with Crippen molar-refractivity contribution in [3.05, 3.63) is 29.3 Å². The van der Waals surface area contributed by atoms with Crippen LogP contribution in [0.25, 0.3) is 0 Å². The van der Waals surface area contributed by atoms with Crippen LogP contribution in [0.4, 0.5) is 5.69 Å². The van der Waals surface area contributed by atoms with E-state index in [0.717, 1.165) is 0 Å². The summed E-state index contributed by atoms with van der Waals surface area (Å²) in [5.41, 5.74) is 0.692. The molecule has 0 saturated heterocycles. The second kappa shape index (κ2) is 6.16. The SMILES string of the molecule is CC(C)C(=Nc1ccc(Cl)cc1)C(=NN)C(=O)O. The number of hydrogen-bond acceptors (Lipinski definition) is 4. The van der Waals surface area contributed by atoms with Crippen molar-refractivity contribution in [1.82, 2.24) is 0 Å². The molecule has 0 amide bonds. The van der Waals surface area contributed by atoms with Crippen molar-refractivity contribution in [2.75, 3.05) is 0 Å². The number of aliphatic carboxylic acids is 1. The normalized spacial score (nSPS) is 12.9. The van der Waals surface area contributed by atoms with Gasteiger partial charge in [0, 0.05) is 5.02 Å². The van der Waals surface area contributed by atoms with Gasteiger partial charge in [-0.25, -0.2) is 4.79 Å². The second-order valence-electron chi connectivity index (χ2n) is 3.91. The molecule has 0 atom stereocenters. The van der Waals surface area contributed by atoms with Crippen LogP contribution in [0.15, 0.2) is 34.4 Å². The Morgan fingerprint density at radius 3 is 2.28 bits per heavy atom.